The molecule has 2 N–H and O–H groups in total. The summed E-state index contributed by atoms with van der Waals surface area (Å²) in [5, 5.41) is 9.38. The molecule has 0 unspecified atom stereocenters. The first-order chi connectivity index (χ1) is 7.97. The number of halogens is 1. The highest BCUT2D eigenvalue weighted by Gasteiger charge is 2.37. The van der Waals surface area contributed by atoms with Crippen LogP contribution in [-0.2, 0) is 10.0 Å². The van der Waals surface area contributed by atoms with E-state index in [-0.39, 0.29) is 10.8 Å². The highest BCUT2D eigenvalue weighted by Crippen LogP contribution is 2.32. The minimum absolute atomic E-state index is 0.161. The maximum atomic E-state index is 12.1. The number of hydrogen-bond acceptors (Lipinski definition) is 4. The van der Waals surface area contributed by atoms with Gasteiger partial charge in [-0.15, -0.1) is 11.3 Å². The van der Waals surface area contributed by atoms with Crippen LogP contribution in [0, 0.1) is 0 Å². The highest BCUT2D eigenvalue weighted by molar-refractivity contribution is 7.91. The minimum atomic E-state index is -3.57. The van der Waals surface area contributed by atoms with Gasteiger partial charge in [0.15, 0.2) is 0 Å². The van der Waals surface area contributed by atoms with Gasteiger partial charge in [0.25, 0.3) is 10.0 Å². The molecule has 1 fully saturated rings. The number of hydrogen-bond donors (Lipinski definition) is 2. The first-order valence-electron chi connectivity index (χ1n) is 5.38. The zero-order valence-corrected chi connectivity index (χ0v) is 11.5. The fraction of sp³-hybridized carbons (Fsp3) is 0.600. The van der Waals surface area contributed by atoms with Gasteiger partial charge in [0.05, 0.1) is 16.5 Å². The summed E-state index contributed by atoms with van der Waals surface area (Å²) in [5.74, 6) is 0. The van der Waals surface area contributed by atoms with Crippen LogP contribution in [0.1, 0.15) is 25.7 Å². The van der Waals surface area contributed by atoms with E-state index in [0.717, 1.165) is 24.2 Å². The van der Waals surface area contributed by atoms with Crippen LogP contribution in [0.3, 0.4) is 0 Å². The molecule has 0 radical (unpaired) electrons. The number of nitrogens with one attached hydrogen (secondary N) is 1. The van der Waals surface area contributed by atoms with Crippen molar-refractivity contribution in [3.05, 3.63) is 16.5 Å². The molecule has 1 aliphatic rings. The number of rotatable bonds is 4. The lowest BCUT2D eigenvalue weighted by Gasteiger charge is -2.27. The molecule has 0 amide bonds. The van der Waals surface area contributed by atoms with Crippen LogP contribution >= 0.6 is 22.9 Å². The molecule has 4 nitrogen and oxygen atoms in total. The molecule has 1 aliphatic carbocycles. The Morgan fingerprint density at radius 1 is 1.41 bits per heavy atom. The van der Waals surface area contributed by atoms with Crippen molar-refractivity contribution in [1.82, 2.24) is 4.72 Å². The maximum Gasteiger partial charge on any atom is 0.250 e. The van der Waals surface area contributed by atoms with Crippen LogP contribution in [0.25, 0.3) is 0 Å². The van der Waals surface area contributed by atoms with E-state index in [1.165, 1.54) is 6.07 Å². The summed E-state index contributed by atoms with van der Waals surface area (Å²) in [7, 11) is -3.57. The molecule has 1 aromatic rings. The van der Waals surface area contributed by atoms with E-state index < -0.39 is 15.6 Å². The van der Waals surface area contributed by atoms with Crippen molar-refractivity contribution >= 4 is 33.0 Å². The van der Waals surface area contributed by atoms with Crippen LogP contribution in [0.2, 0.25) is 4.34 Å². The van der Waals surface area contributed by atoms with E-state index in [4.69, 9.17) is 11.6 Å². The van der Waals surface area contributed by atoms with E-state index in [0.29, 0.717) is 17.2 Å². The molecule has 7 heteroatoms. The Hall–Kier alpha value is -0.140. The Kier molecular flexibility index (Phi) is 3.80. The fourth-order valence-corrected chi connectivity index (χ4v) is 5.06. The number of thiophene rings is 1. The average molecular weight is 296 g/mol. The topological polar surface area (TPSA) is 66.4 Å². The zero-order chi connectivity index (χ0) is 12.5. The van der Waals surface area contributed by atoms with Gasteiger partial charge >= 0.3 is 0 Å². The lowest BCUT2D eigenvalue weighted by molar-refractivity contribution is 0.185. The van der Waals surface area contributed by atoms with Gasteiger partial charge in [0.1, 0.15) is 4.21 Å². The average Bonchev–Trinajstić information content (AvgIpc) is 2.87. The second-order valence-electron chi connectivity index (χ2n) is 4.31. The summed E-state index contributed by atoms with van der Waals surface area (Å²) in [6, 6.07) is 3.04. The lowest BCUT2D eigenvalue weighted by Crippen LogP contribution is -2.48. The maximum absolute atomic E-state index is 12.1. The molecule has 2 rings (SSSR count). The molecule has 0 bridgehead atoms. The zero-order valence-electron chi connectivity index (χ0n) is 9.15. The van der Waals surface area contributed by atoms with Gasteiger partial charge in [0, 0.05) is 0 Å². The lowest BCUT2D eigenvalue weighted by atomic mass is 10.0. The summed E-state index contributed by atoms with van der Waals surface area (Å²) in [4.78, 5) is 0. The Morgan fingerprint density at radius 2 is 2.06 bits per heavy atom. The molecule has 1 heterocycles. The van der Waals surface area contributed by atoms with Crippen molar-refractivity contribution in [3.8, 4) is 0 Å². The predicted molar refractivity (Wildman–Crippen MR) is 67.9 cm³/mol. The van der Waals surface area contributed by atoms with Crippen molar-refractivity contribution in [2.75, 3.05) is 6.61 Å². The van der Waals surface area contributed by atoms with E-state index in [1.54, 1.807) is 6.07 Å². The monoisotopic (exact) mass is 295 g/mol. The molecule has 96 valence electrons. The van der Waals surface area contributed by atoms with Gasteiger partial charge in [-0.25, -0.2) is 13.1 Å². The van der Waals surface area contributed by atoms with Crippen molar-refractivity contribution in [3.63, 3.8) is 0 Å². The summed E-state index contributed by atoms with van der Waals surface area (Å²) in [6.45, 7) is -0.161. The van der Waals surface area contributed by atoms with E-state index in [2.05, 4.69) is 4.72 Å². The molecule has 0 saturated heterocycles. The van der Waals surface area contributed by atoms with Crippen molar-refractivity contribution in [1.29, 1.82) is 0 Å². The smallest absolute Gasteiger partial charge is 0.250 e. The normalized spacial score (nSPS) is 19.6. The SMILES string of the molecule is O=S(=O)(NC1(CO)CCCC1)c1ccc(Cl)s1. The van der Waals surface area contributed by atoms with Gasteiger partial charge in [-0.1, -0.05) is 24.4 Å². The molecule has 1 saturated carbocycles. The van der Waals surface area contributed by atoms with Gasteiger partial charge in [-0.3, -0.25) is 0 Å². The molecule has 0 aliphatic heterocycles. The Morgan fingerprint density at radius 3 is 2.53 bits per heavy atom. The Bertz CT molecular complexity index is 491. The third-order valence-corrected chi connectivity index (χ3v) is 6.33. The van der Waals surface area contributed by atoms with Crippen LogP contribution in [-0.4, -0.2) is 25.7 Å². The van der Waals surface area contributed by atoms with Crippen molar-refractivity contribution in [2.45, 2.75) is 35.4 Å². The first kappa shape index (κ1) is 13.3. The van der Waals surface area contributed by atoms with Crippen molar-refractivity contribution < 1.29 is 13.5 Å². The largest absolute Gasteiger partial charge is 0.394 e. The molecular weight excluding hydrogens is 282 g/mol. The third-order valence-electron chi connectivity index (χ3n) is 3.03. The Balaban J connectivity index is 2.22. The Labute approximate surface area is 110 Å². The summed E-state index contributed by atoms with van der Waals surface area (Å²) in [6.07, 6.45) is 3.24. The van der Waals surface area contributed by atoms with E-state index in [1.807, 2.05) is 0 Å². The third kappa shape index (κ3) is 2.82. The number of sulfonamides is 1. The number of aliphatic hydroxyl groups excluding tert-OH is 1. The molecule has 0 aromatic carbocycles. The van der Waals surface area contributed by atoms with Gasteiger partial charge < -0.3 is 5.11 Å². The number of aliphatic hydroxyl groups is 1. The standard InChI is InChI=1S/C10H14ClNO3S2/c11-8-3-4-9(16-8)17(14,15)12-10(7-13)5-1-2-6-10/h3-4,12-13H,1-2,5-7H2. The second-order valence-corrected chi connectivity index (χ2v) is 7.93. The minimum Gasteiger partial charge on any atom is -0.394 e. The molecule has 0 atom stereocenters. The molecule has 1 aromatic heterocycles. The van der Waals surface area contributed by atoms with E-state index in [9.17, 15) is 13.5 Å². The van der Waals surface area contributed by atoms with Crippen LogP contribution < -0.4 is 4.72 Å². The van der Waals surface area contributed by atoms with Crippen LogP contribution in [0.5, 0.6) is 0 Å². The van der Waals surface area contributed by atoms with E-state index >= 15 is 0 Å². The predicted octanol–water partition coefficient (Wildman–Crippen LogP) is 1.98. The van der Waals surface area contributed by atoms with Crippen LogP contribution in [0.4, 0.5) is 0 Å². The summed E-state index contributed by atoms with van der Waals surface area (Å²) >= 11 is 6.75. The summed E-state index contributed by atoms with van der Waals surface area (Å²) < 4.78 is 27.4. The van der Waals surface area contributed by atoms with Gasteiger partial charge in [-0.05, 0) is 25.0 Å². The summed E-state index contributed by atoms with van der Waals surface area (Å²) in [5.41, 5.74) is -0.685. The fourth-order valence-electron chi connectivity index (χ4n) is 2.12. The quantitative estimate of drug-likeness (QED) is 0.893. The van der Waals surface area contributed by atoms with Gasteiger partial charge in [-0.2, -0.15) is 0 Å². The first-order valence-corrected chi connectivity index (χ1v) is 8.05. The van der Waals surface area contributed by atoms with Crippen molar-refractivity contribution in [2.24, 2.45) is 0 Å². The highest BCUT2D eigenvalue weighted by atomic mass is 35.5. The molecular formula is C10H14ClNO3S2. The second kappa shape index (κ2) is 4.85. The van der Waals surface area contributed by atoms with Gasteiger partial charge in [0.2, 0.25) is 0 Å². The molecule has 17 heavy (non-hydrogen) atoms. The molecule has 0 spiro atoms. The van der Waals surface area contributed by atoms with Crippen LogP contribution in [0.15, 0.2) is 16.3 Å².